The van der Waals surface area contributed by atoms with Crippen molar-refractivity contribution in [3.8, 4) is 0 Å². The SMILES string of the molecule is CCC(CC)C(=O)N1CCN(C(C)C)CC1. The van der Waals surface area contributed by atoms with Crippen LogP contribution in [0.4, 0.5) is 0 Å². The Labute approximate surface area is 99.8 Å². The smallest absolute Gasteiger partial charge is 0.225 e. The minimum absolute atomic E-state index is 0.241. The maximum Gasteiger partial charge on any atom is 0.225 e. The molecule has 1 amide bonds. The van der Waals surface area contributed by atoms with Gasteiger partial charge in [-0.2, -0.15) is 0 Å². The molecule has 0 spiro atoms. The number of nitrogens with zero attached hydrogens (tertiary/aromatic N) is 2. The third kappa shape index (κ3) is 3.21. The average molecular weight is 226 g/mol. The van der Waals surface area contributed by atoms with Crippen LogP contribution in [0.1, 0.15) is 40.5 Å². The molecular weight excluding hydrogens is 200 g/mol. The summed E-state index contributed by atoms with van der Waals surface area (Å²) in [7, 11) is 0. The lowest BCUT2D eigenvalue weighted by Gasteiger charge is -2.38. The van der Waals surface area contributed by atoms with Crippen LogP contribution in [-0.2, 0) is 4.79 Å². The molecule has 0 unspecified atom stereocenters. The molecule has 3 heteroatoms. The fourth-order valence-corrected chi connectivity index (χ4v) is 2.35. The van der Waals surface area contributed by atoms with Crippen LogP contribution in [-0.4, -0.2) is 47.9 Å². The summed E-state index contributed by atoms with van der Waals surface area (Å²) in [6.07, 6.45) is 1.94. The lowest BCUT2D eigenvalue weighted by Crippen LogP contribution is -2.52. The van der Waals surface area contributed by atoms with Gasteiger partial charge in [0.05, 0.1) is 0 Å². The topological polar surface area (TPSA) is 23.6 Å². The molecule has 1 aliphatic heterocycles. The van der Waals surface area contributed by atoms with E-state index < -0.39 is 0 Å². The number of carbonyl (C=O) groups is 1. The van der Waals surface area contributed by atoms with Crippen molar-refractivity contribution >= 4 is 5.91 Å². The van der Waals surface area contributed by atoms with Gasteiger partial charge in [-0.05, 0) is 26.7 Å². The van der Waals surface area contributed by atoms with Crippen molar-refractivity contribution in [1.29, 1.82) is 0 Å². The van der Waals surface area contributed by atoms with Gasteiger partial charge in [-0.3, -0.25) is 9.69 Å². The van der Waals surface area contributed by atoms with Crippen molar-refractivity contribution in [3.63, 3.8) is 0 Å². The standard InChI is InChI=1S/C13H26N2O/c1-5-12(6-2)13(16)15-9-7-14(8-10-15)11(3)4/h11-12H,5-10H2,1-4H3. The van der Waals surface area contributed by atoms with Crippen LogP contribution in [0.2, 0.25) is 0 Å². The van der Waals surface area contributed by atoms with E-state index in [1.165, 1.54) is 0 Å². The van der Waals surface area contributed by atoms with Crippen molar-refractivity contribution in [1.82, 2.24) is 9.80 Å². The molecule has 3 nitrogen and oxygen atoms in total. The van der Waals surface area contributed by atoms with Gasteiger partial charge in [0.2, 0.25) is 5.91 Å². The maximum atomic E-state index is 12.1. The Bertz CT molecular complexity index is 216. The maximum absolute atomic E-state index is 12.1. The second-order valence-electron chi connectivity index (χ2n) is 4.97. The zero-order valence-electron chi connectivity index (χ0n) is 11.2. The minimum Gasteiger partial charge on any atom is -0.340 e. The normalized spacial score (nSPS) is 18.5. The monoisotopic (exact) mass is 226 g/mol. The van der Waals surface area contributed by atoms with Gasteiger partial charge >= 0.3 is 0 Å². The second kappa shape index (κ2) is 6.24. The van der Waals surface area contributed by atoms with Crippen LogP contribution >= 0.6 is 0 Å². The lowest BCUT2D eigenvalue weighted by atomic mass is 10.0. The van der Waals surface area contributed by atoms with Crippen LogP contribution in [0, 0.1) is 5.92 Å². The zero-order chi connectivity index (χ0) is 12.1. The van der Waals surface area contributed by atoms with Crippen LogP contribution in [0.15, 0.2) is 0 Å². The second-order valence-corrected chi connectivity index (χ2v) is 4.97. The van der Waals surface area contributed by atoms with Gasteiger partial charge in [-0.15, -0.1) is 0 Å². The summed E-state index contributed by atoms with van der Waals surface area (Å²) < 4.78 is 0. The fourth-order valence-electron chi connectivity index (χ4n) is 2.35. The van der Waals surface area contributed by atoms with Crippen LogP contribution in [0.3, 0.4) is 0 Å². The Morgan fingerprint density at radius 3 is 1.94 bits per heavy atom. The molecule has 0 saturated carbocycles. The molecule has 0 aromatic heterocycles. The number of rotatable bonds is 4. The molecule has 0 N–H and O–H groups in total. The number of amides is 1. The lowest BCUT2D eigenvalue weighted by molar-refractivity contribution is -0.137. The number of piperazine rings is 1. The van der Waals surface area contributed by atoms with E-state index in [9.17, 15) is 4.79 Å². The van der Waals surface area contributed by atoms with Gasteiger partial charge in [0.15, 0.2) is 0 Å². The van der Waals surface area contributed by atoms with Gasteiger partial charge in [0.25, 0.3) is 0 Å². The third-order valence-corrected chi connectivity index (χ3v) is 3.69. The molecule has 94 valence electrons. The van der Waals surface area contributed by atoms with Gasteiger partial charge in [-0.25, -0.2) is 0 Å². The van der Waals surface area contributed by atoms with E-state index in [0.29, 0.717) is 11.9 Å². The first-order chi connectivity index (χ1) is 7.60. The summed E-state index contributed by atoms with van der Waals surface area (Å²) >= 11 is 0. The quantitative estimate of drug-likeness (QED) is 0.732. The first-order valence-corrected chi connectivity index (χ1v) is 6.62. The number of hydrogen-bond donors (Lipinski definition) is 0. The van der Waals surface area contributed by atoms with Gasteiger partial charge in [0.1, 0.15) is 0 Å². The molecule has 0 radical (unpaired) electrons. The van der Waals surface area contributed by atoms with Gasteiger partial charge in [-0.1, -0.05) is 13.8 Å². The molecule has 1 saturated heterocycles. The molecule has 1 heterocycles. The molecule has 0 aromatic carbocycles. The highest BCUT2D eigenvalue weighted by atomic mass is 16.2. The summed E-state index contributed by atoms with van der Waals surface area (Å²) in [5, 5.41) is 0. The van der Waals surface area contributed by atoms with Gasteiger partial charge in [0, 0.05) is 38.1 Å². The van der Waals surface area contributed by atoms with Crippen LogP contribution in [0.5, 0.6) is 0 Å². The average Bonchev–Trinajstić information content (AvgIpc) is 2.30. The highest BCUT2D eigenvalue weighted by molar-refractivity contribution is 5.78. The predicted octanol–water partition coefficient (Wildman–Crippen LogP) is 1.98. The number of carbonyl (C=O) groups excluding carboxylic acids is 1. The summed E-state index contributed by atoms with van der Waals surface area (Å²) in [5.41, 5.74) is 0. The summed E-state index contributed by atoms with van der Waals surface area (Å²) in [5.74, 6) is 0.610. The minimum atomic E-state index is 0.241. The zero-order valence-corrected chi connectivity index (χ0v) is 11.2. The van der Waals surface area contributed by atoms with E-state index in [0.717, 1.165) is 39.0 Å². The van der Waals surface area contributed by atoms with E-state index in [1.54, 1.807) is 0 Å². The number of hydrogen-bond acceptors (Lipinski definition) is 2. The Morgan fingerprint density at radius 1 is 1.06 bits per heavy atom. The van der Waals surface area contributed by atoms with Crippen LogP contribution in [0.25, 0.3) is 0 Å². The first kappa shape index (κ1) is 13.5. The van der Waals surface area contributed by atoms with E-state index in [4.69, 9.17) is 0 Å². The summed E-state index contributed by atoms with van der Waals surface area (Å²) in [6, 6.07) is 0.602. The molecule has 0 aliphatic carbocycles. The summed E-state index contributed by atoms with van der Waals surface area (Å²) in [4.78, 5) is 16.6. The van der Waals surface area contributed by atoms with Crippen LogP contribution < -0.4 is 0 Å². The van der Waals surface area contributed by atoms with Crippen molar-refractivity contribution in [2.45, 2.75) is 46.6 Å². The largest absolute Gasteiger partial charge is 0.340 e. The predicted molar refractivity (Wildman–Crippen MR) is 67.4 cm³/mol. The fraction of sp³-hybridized carbons (Fsp3) is 0.923. The molecular formula is C13H26N2O. The summed E-state index contributed by atoms with van der Waals surface area (Å²) in [6.45, 7) is 12.5. The Morgan fingerprint density at radius 2 is 1.56 bits per heavy atom. The highest BCUT2D eigenvalue weighted by Crippen LogP contribution is 2.14. The van der Waals surface area contributed by atoms with Crippen molar-refractivity contribution in [2.75, 3.05) is 26.2 Å². The Balaban J connectivity index is 2.44. The Kier molecular flexibility index (Phi) is 5.26. The van der Waals surface area contributed by atoms with Gasteiger partial charge < -0.3 is 4.90 Å². The van der Waals surface area contributed by atoms with Crippen molar-refractivity contribution in [3.05, 3.63) is 0 Å². The molecule has 16 heavy (non-hydrogen) atoms. The molecule has 0 aromatic rings. The molecule has 1 fully saturated rings. The molecule has 0 atom stereocenters. The third-order valence-electron chi connectivity index (χ3n) is 3.69. The molecule has 1 rings (SSSR count). The van der Waals surface area contributed by atoms with E-state index in [-0.39, 0.29) is 5.92 Å². The highest BCUT2D eigenvalue weighted by Gasteiger charge is 2.25. The van der Waals surface area contributed by atoms with E-state index >= 15 is 0 Å². The van der Waals surface area contributed by atoms with Crippen molar-refractivity contribution < 1.29 is 4.79 Å². The van der Waals surface area contributed by atoms with E-state index in [1.807, 2.05) is 0 Å². The Hall–Kier alpha value is -0.570. The molecule has 1 aliphatic rings. The van der Waals surface area contributed by atoms with Crippen molar-refractivity contribution in [2.24, 2.45) is 5.92 Å². The van der Waals surface area contributed by atoms with E-state index in [2.05, 4.69) is 37.5 Å². The first-order valence-electron chi connectivity index (χ1n) is 6.62. The molecule has 0 bridgehead atoms.